The summed E-state index contributed by atoms with van der Waals surface area (Å²) in [5.74, 6) is -0.884. The number of allylic oxidation sites excluding steroid dienone is 8. The van der Waals surface area contributed by atoms with E-state index in [0.717, 1.165) is 89.9 Å². The van der Waals surface area contributed by atoms with E-state index in [0.29, 0.717) is 19.3 Å². The van der Waals surface area contributed by atoms with Gasteiger partial charge in [-0.25, -0.2) is 0 Å². The zero-order valence-corrected chi connectivity index (χ0v) is 44.7. The molecule has 6 heteroatoms. The molecular formula is C61H110O6. The lowest BCUT2D eigenvalue weighted by atomic mass is 10.0. The Balaban J connectivity index is 4.38. The highest BCUT2D eigenvalue weighted by Crippen LogP contribution is 2.16. The summed E-state index contributed by atoms with van der Waals surface area (Å²) in [6.45, 7) is 6.61. The van der Waals surface area contributed by atoms with Crippen LogP contribution in [0.3, 0.4) is 0 Å². The first-order chi connectivity index (χ1) is 33.0. The first-order valence-electron chi connectivity index (χ1n) is 29.1. The molecule has 67 heavy (non-hydrogen) atoms. The molecule has 0 N–H and O–H groups in total. The molecular weight excluding hydrogens is 829 g/mol. The quantitative estimate of drug-likeness (QED) is 0.0262. The van der Waals surface area contributed by atoms with Gasteiger partial charge in [-0.3, -0.25) is 14.4 Å². The molecule has 0 aromatic carbocycles. The molecule has 6 nitrogen and oxygen atoms in total. The highest BCUT2D eigenvalue weighted by Gasteiger charge is 2.19. The normalized spacial score (nSPS) is 12.3. The summed E-state index contributed by atoms with van der Waals surface area (Å²) in [6, 6.07) is 0. The lowest BCUT2D eigenvalue weighted by molar-refractivity contribution is -0.167. The number of hydrogen-bond donors (Lipinski definition) is 0. The second-order valence-electron chi connectivity index (χ2n) is 19.6. The summed E-state index contributed by atoms with van der Waals surface area (Å²) >= 11 is 0. The summed E-state index contributed by atoms with van der Waals surface area (Å²) in [5.41, 5.74) is 0. The van der Waals surface area contributed by atoms with Crippen LogP contribution in [-0.2, 0) is 28.6 Å². The number of rotatable bonds is 53. The first-order valence-corrected chi connectivity index (χ1v) is 29.1. The van der Waals surface area contributed by atoms with E-state index in [9.17, 15) is 14.4 Å². The van der Waals surface area contributed by atoms with Crippen molar-refractivity contribution in [1.29, 1.82) is 0 Å². The number of carbonyl (C=O) groups excluding carboxylic acids is 3. The minimum Gasteiger partial charge on any atom is -0.462 e. The Bertz CT molecular complexity index is 1170. The topological polar surface area (TPSA) is 78.9 Å². The molecule has 0 aliphatic heterocycles. The van der Waals surface area contributed by atoms with Gasteiger partial charge >= 0.3 is 17.9 Å². The summed E-state index contributed by atoms with van der Waals surface area (Å²) in [5, 5.41) is 0. The maximum absolute atomic E-state index is 12.9. The van der Waals surface area contributed by atoms with Gasteiger partial charge in [-0.15, -0.1) is 0 Å². The van der Waals surface area contributed by atoms with E-state index in [1.54, 1.807) is 0 Å². The Morgan fingerprint density at radius 2 is 0.537 bits per heavy atom. The summed E-state index contributed by atoms with van der Waals surface area (Å²) in [7, 11) is 0. The zero-order chi connectivity index (χ0) is 48.6. The lowest BCUT2D eigenvalue weighted by Gasteiger charge is -2.18. The summed E-state index contributed by atoms with van der Waals surface area (Å²) in [4.78, 5) is 38.2. The number of esters is 3. The minimum atomic E-state index is -0.780. The monoisotopic (exact) mass is 939 g/mol. The number of hydrogen-bond acceptors (Lipinski definition) is 6. The second kappa shape index (κ2) is 56.0. The average Bonchev–Trinajstić information content (AvgIpc) is 3.33. The van der Waals surface area contributed by atoms with Crippen LogP contribution >= 0.6 is 0 Å². The van der Waals surface area contributed by atoms with Crippen LogP contribution in [0.15, 0.2) is 48.6 Å². The SMILES string of the molecule is CCCCC/C=C/C/C=C/CCCCCCCCCC(=O)OC[C@@H](COC(=O)CCCCCCC/C=C/C/C=C/CCCCC)OC(=O)CCCCCCCCCCCCCCCCCCC. The molecule has 0 unspecified atom stereocenters. The van der Waals surface area contributed by atoms with Gasteiger partial charge < -0.3 is 14.2 Å². The van der Waals surface area contributed by atoms with Crippen molar-refractivity contribution in [2.45, 2.75) is 309 Å². The number of ether oxygens (including phenoxy) is 3. The van der Waals surface area contributed by atoms with Crippen molar-refractivity contribution in [3.63, 3.8) is 0 Å². The van der Waals surface area contributed by atoms with Gasteiger partial charge in [-0.05, 0) is 83.5 Å². The van der Waals surface area contributed by atoms with E-state index in [2.05, 4.69) is 69.4 Å². The maximum Gasteiger partial charge on any atom is 0.306 e. The van der Waals surface area contributed by atoms with Gasteiger partial charge in [0, 0.05) is 19.3 Å². The molecule has 0 aromatic rings. The van der Waals surface area contributed by atoms with E-state index in [4.69, 9.17) is 14.2 Å². The van der Waals surface area contributed by atoms with Crippen molar-refractivity contribution < 1.29 is 28.6 Å². The average molecular weight is 940 g/mol. The highest BCUT2D eigenvalue weighted by molar-refractivity contribution is 5.71. The molecule has 390 valence electrons. The van der Waals surface area contributed by atoms with Crippen molar-refractivity contribution in [1.82, 2.24) is 0 Å². The Labute approximate surface area is 416 Å². The van der Waals surface area contributed by atoms with Crippen molar-refractivity contribution in [3.8, 4) is 0 Å². The molecule has 0 saturated heterocycles. The van der Waals surface area contributed by atoms with E-state index < -0.39 is 6.10 Å². The largest absolute Gasteiger partial charge is 0.462 e. The van der Waals surface area contributed by atoms with Crippen LogP contribution in [0, 0.1) is 0 Å². The van der Waals surface area contributed by atoms with Gasteiger partial charge in [0.25, 0.3) is 0 Å². The Kier molecular flexibility index (Phi) is 53.8. The molecule has 0 saturated carbocycles. The Hall–Kier alpha value is -2.63. The zero-order valence-electron chi connectivity index (χ0n) is 44.7. The van der Waals surface area contributed by atoms with Crippen LogP contribution in [0.25, 0.3) is 0 Å². The molecule has 0 aliphatic rings. The van der Waals surface area contributed by atoms with E-state index in [-0.39, 0.29) is 31.1 Å². The van der Waals surface area contributed by atoms with Crippen molar-refractivity contribution in [3.05, 3.63) is 48.6 Å². The van der Waals surface area contributed by atoms with E-state index in [1.165, 1.54) is 173 Å². The third-order valence-electron chi connectivity index (χ3n) is 12.8. The van der Waals surface area contributed by atoms with Crippen LogP contribution in [0.1, 0.15) is 303 Å². The molecule has 0 rings (SSSR count). The molecule has 0 aliphatic carbocycles. The molecule has 1 atom stereocenters. The minimum absolute atomic E-state index is 0.0791. The van der Waals surface area contributed by atoms with Gasteiger partial charge in [0.1, 0.15) is 13.2 Å². The molecule has 0 fully saturated rings. The second-order valence-corrected chi connectivity index (χ2v) is 19.6. The van der Waals surface area contributed by atoms with Gasteiger partial charge in [0.05, 0.1) is 0 Å². The third kappa shape index (κ3) is 54.2. The molecule has 0 bridgehead atoms. The smallest absolute Gasteiger partial charge is 0.306 e. The standard InChI is InChI=1S/C61H110O6/c1-4-7-10-13-16-19-22-25-28-30-33-36-39-42-45-48-51-54-60(63)66-57-58(56-65-59(62)53-50-47-44-41-38-35-32-27-24-21-18-15-12-9-6-3)67-61(64)55-52-49-46-43-40-37-34-31-29-26-23-20-17-14-11-8-5-2/h16,18-19,21,25,27-28,32,58H,4-15,17,20,22-24,26,29-31,33-57H2,1-3H3/b19-16+,21-18+,28-25+,32-27+/t58-/m1/s1. The van der Waals surface area contributed by atoms with Crippen molar-refractivity contribution >= 4 is 17.9 Å². The van der Waals surface area contributed by atoms with Crippen LogP contribution in [-0.4, -0.2) is 37.2 Å². The molecule has 0 spiro atoms. The number of carbonyl (C=O) groups is 3. The van der Waals surface area contributed by atoms with Gasteiger partial charge in [0.2, 0.25) is 0 Å². The van der Waals surface area contributed by atoms with Gasteiger partial charge in [-0.2, -0.15) is 0 Å². The Morgan fingerprint density at radius 3 is 0.851 bits per heavy atom. The van der Waals surface area contributed by atoms with E-state index in [1.807, 2.05) is 0 Å². The molecule has 0 aromatic heterocycles. The molecule has 0 heterocycles. The van der Waals surface area contributed by atoms with Crippen molar-refractivity contribution in [2.75, 3.05) is 13.2 Å². The van der Waals surface area contributed by atoms with Gasteiger partial charge in [-0.1, -0.05) is 249 Å². The molecule has 0 radical (unpaired) electrons. The number of unbranched alkanes of at least 4 members (excludes halogenated alkanes) is 34. The molecule has 0 amide bonds. The van der Waals surface area contributed by atoms with Crippen LogP contribution in [0.5, 0.6) is 0 Å². The fraction of sp³-hybridized carbons (Fsp3) is 0.820. The Morgan fingerprint density at radius 1 is 0.299 bits per heavy atom. The van der Waals surface area contributed by atoms with Crippen molar-refractivity contribution in [2.24, 2.45) is 0 Å². The predicted molar refractivity (Wildman–Crippen MR) is 289 cm³/mol. The third-order valence-corrected chi connectivity index (χ3v) is 12.8. The highest BCUT2D eigenvalue weighted by atomic mass is 16.6. The summed E-state index contributed by atoms with van der Waals surface area (Å²) < 4.78 is 16.9. The lowest BCUT2D eigenvalue weighted by Crippen LogP contribution is -2.30. The fourth-order valence-corrected chi connectivity index (χ4v) is 8.39. The fourth-order valence-electron chi connectivity index (χ4n) is 8.39. The van der Waals surface area contributed by atoms with Crippen LogP contribution < -0.4 is 0 Å². The van der Waals surface area contributed by atoms with Gasteiger partial charge in [0.15, 0.2) is 6.10 Å². The van der Waals surface area contributed by atoms with E-state index >= 15 is 0 Å². The maximum atomic E-state index is 12.9. The predicted octanol–water partition coefficient (Wildman–Crippen LogP) is 19.4. The van der Waals surface area contributed by atoms with Crippen LogP contribution in [0.4, 0.5) is 0 Å². The summed E-state index contributed by atoms with van der Waals surface area (Å²) in [6.07, 6.45) is 68.1. The van der Waals surface area contributed by atoms with Crippen LogP contribution in [0.2, 0.25) is 0 Å². The first kappa shape index (κ1) is 64.4.